The maximum absolute atomic E-state index is 5.95. The molecule has 23 heavy (non-hydrogen) atoms. The molecule has 2 aromatic rings. The zero-order valence-electron chi connectivity index (χ0n) is 13.3. The zero-order chi connectivity index (χ0) is 15.9. The van der Waals surface area contributed by atoms with Gasteiger partial charge in [-0.1, -0.05) is 12.1 Å². The number of aromatic nitrogens is 1. The zero-order valence-corrected chi connectivity index (χ0v) is 13.3. The highest BCUT2D eigenvalue weighted by Crippen LogP contribution is 2.30. The fourth-order valence-corrected chi connectivity index (χ4v) is 2.56. The number of pyridine rings is 1. The highest BCUT2D eigenvalue weighted by molar-refractivity contribution is 5.43. The van der Waals surface area contributed by atoms with Crippen LogP contribution >= 0.6 is 0 Å². The van der Waals surface area contributed by atoms with E-state index in [1.54, 1.807) is 13.3 Å². The van der Waals surface area contributed by atoms with Crippen LogP contribution in [0.15, 0.2) is 42.7 Å². The molecule has 0 unspecified atom stereocenters. The molecule has 1 saturated heterocycles. The number of rotatable bonds is 7. The first-order valence-corrected chi connectivity index (χ1v) is 7.86. The molecule has 3 rings (SSSR count). The highest BCUT2D eigenvalue weighted by atomic mass is 16.6. The third-order valence-electron chi connectivity index (χ3n) is 3.79. The molecule has 1 N–H and O–H groups in total. The van der Waals surface area contributed by atoms with Gasteiger partial charge >= 0.3 is 0 Å². The summed E-state index contributed by atoms with van der Waals surface area (Å²) in [6.07, 6.45) is 4.70. The first-order valence-electron chi connectivity index (χ1n) is 7.86. The predicted octanol–water partition coefficient (Wildman–Crippen LogP) is 2.55. The molecule has 0 radical (unpaired) electrons. The van der Waals surface area contributed by atoms with Crippen molar-refractivity contribution in [1.29, 1.82) is 0 Å². The van der Waals surface area contributed by atoms with Crippen LogP contribution < -0.4 is 14.8 Å². The predicted molar refractivity (Wildman–Crippen MR) is 87.6 cm³/mol. The summed E-state index contributed by atoms with van der Waals surface area (Å²) in [5.41, 5.74) is 2.32. The fourth-order valence-electron chi connectivity index (χ4n) is 2.56. The van der Waals surface area contributed by atoms with Gasteiger partial charge < -0.3 is 19.5 Å². The molecular formula is C18H22N2O3. The smallest absolute Gasteiger partial charge is 0.161 e. The first-order chi connectivity index (χ1) is 11.3. The molecule has 1 aliphatic rings. The van der Waals surface area contributed by atoms with Gasteiger partial charge in [-0.2, -0.15) is 0 Å². The van der Waals surface area contributed by atoms with E-state index in [2.05, 4.69) is 22.4 Å². The van der Waals surface area contributed by atoms with Gasteiger partial charge in [0.15, 0.2) is 11.5 Å². The number of nitrogens with zero attached hydrogens (tertiary/aromatic N) is 1. The molecule has 1 aliphatic heterocycles. The minimum atomic E-state index is 0.124. The Labute approximate surface area is 136 Å². The quantitative estimate of drug-likeness (QED) is 0.851. The second-order valence-corrected chi connectivity index (χ2v) is 5.55. The summed E-state index contributed by atoms with van der Waals surface area (Å²) < 4.78 is 16.7. The van der Waals surface area contributed by atoms with Crippen LogP contribution in [0.5, 0.6) is 11.5 Å². The van der Waals surface area contributed by atoms with Crippen molar-refractivity contribution in [3.63, 3.8) is 0 Å². The molecule has 0 bridgehead atoms. The molecule has 0 spiro atoms. The van der Waals surface area contributed by atoms with Crippen molar-refractivity contribution < 1.29 is 14.2 Å². The average Bonchev–Trinajstić information content (AvgIpc) is 3.10. The summed E-state index contributed by atoms with van der Waals surface area (Å²) in [5, 5.41) is 3.41. The van der Waals surface area contributed by atoms with Crippen molar-refractivity contribution in [2.45, 2.75) is 25.6 Å². The van der Waals surface area contributed by atoms with Gasteiger partial charge in [0, 0.05) is 31.9 Å². The summed E-state index contributed by atoms with van der Waals surface area (Å²) in [5.74, 6) is 1.54. The molecule has 1 atom stereocenters. The van der Waals surface area contributed by atoms with Crippen molar-refractivity contribution in [2.75, 3.05) is 20.3 Å². The standard InChI is InChI=1S/C18H22N2O3/c1-21-18-9-14(10-20-12-15-3-2-7-19-11-15)4-5-17(18)23-16-6-8-22-13-16/h2-5,7,9,11,16,20H,6,8,10,12-13H2,1H3/t16-/m0/s1. The van der Waals surface area contributed by atoms with E-state index >= 15 is 0 Å². The van der Waals surface area contributed by atoms with Gasteiger partial charge in [0.1, 0.15) is 6.10 Å². The van der Waals surface area contributed by atoms with E-state index in [1.807, 2.05) is 24.4 Å². The lowest BCUT2D eigenvalue weighted by atomic mass is 10.2. The Balaban J connectivity index is 1.57. The number of ether oxygens (including phenoxy) is 3. The number of methoxy groups -OCH3 is 1. The monoisotopic (exact) mass is 314 g/mol. The highest BCUT2D eigenvalue weighted by Gasteiger charge is 2.19. The largest absolute Gasteiger partial charge is 0.493 e. The number of nitrogens with one attached hydrogen (secondary N) is 1. The van der Waals surface area contributed by atoms with E-state index in [4.69, 9.17) is 14.2 Å². The summed E-state index contributed by atoms with van der Waals surface area (Å²) in [7, 11) is 1.67. The molecule has 5 nitrogen and oxygen atoms in total. The van der Waals surface area contributed by atoms with E-state index in [1.165, 1.54) is 5.56 Å². The summed E-state index contributed by atoms with van der Waals surface area (Å²) in [4.78, 5) is 4.11. The lowest BCUT2D eigenvalue weighted by molar-refractivity contribution is 0.138. The Kier molecular flexibility index (Phi) is 5.45. The topological polar surface area (TPSA) is 52.6 Å². The molecule has 122 valence electrons. The Morgan fingerprint density at radius 3 is 2.87 bits per heavy atom. The Bertz CT molecular complexity index is 613. The van der Waals surface area contributed by atoms with Crippen LogP contribution in [0.4, 0.5) is 0 Å². The van der Waals surface area contributed by atoms with E-state index in [9.17, 15) is 0 Å². The maximum Gasteiger partial charge on any atom is 0.161 e. The second kappa shape index (κ2) is 7.94. The molecule has 0 aliphatic carbocycles. The van der Waals surface area contributed by atoms with Crippen LogP contribution in [0.1, 0.15) is 17.5 Å². The Hall–Kier alpha value is -2.11. The van der Waals surface area contributed by atoms with Crippen molar-refractivity contribution in [1.82, 2.24) is 10.3 Å². The van der Waals surface area contributed by atoms with Crippen molar-refractivity contribution in [2.24, 2.45) is 0 Å². The molecule has 1 aromatic carbocycles. The third kappa shape index (κ3) is 4.43. The first kappa shape index (κ1) is 15.8. The molecule has 2 heterocycles. The Morgan fingerprint density at radius 2 is 2.13 bits per heavy atom. The van der Waals surface area contributed by atoms with Gasteiger partial charge in [0.2, 0.25) is 0 Å². The van der Waals surface area contributed by atoms with Crippen LogP contribution in [0.25, 0.3) is 0 Å². The van der Waals surface area contributed by atoms with Crippen LogP contribution in [0.3, 0.4) is 0 Å². The number of hydrogen-bond acceptors (Lipinski definition) is 5. The van der Waals surface area contributed by atoms with E-state index < -0.39 is 0 Å². The SMILES string of the molecule is COc1cc(CNCc2cccnc2)ccc1O[C@H]1CCOC1. The number of benzene rings is 1. The normalized spacial score (nSPS) is 17.2. The van der Waals surface area contributed by atoms with E-state index in [0.717, 1.165) is 43.2 Å². The van der Waals surface area contributed by atoms with Crippen molar-refractivity contribution in [3.05, 3.63) is 53.9 Å². The van der Waals surface area contributed by atoms with E-state index in [-0.39, 0.29) is 6.10 Å². The molecule has 1 fully saturated rings. The van der Waals surface area contributed by atoms with Crippen molar-refractivity contribution >= 4 is 0 Å². The van der Waals surface area contributed by atoms with Gasteiger partial charge in [0.05, 0.1) is 20.3 Å². The van der Waals surface area contributed by atoms with Crippen molar-refractivity contribution in [3.8, 4) is 11.5 Å². The Morgan fingerprint density at radius 1 is 1.22 bits per heavy atom. The van der Waals surface area contributed by atoms with Gasteiger partial charge in [0.25, 0.3) is 0 Å². The van der Waals surface area contributed by atoms with Crippen LogP contribution in [0.2, 0.25) is 0 Å². The van der Waals surface area contributed by atoms with E-state index in [0.29, 0.717) is 6.61 Å². The van der Waals surface area contributed by atoms with Crippen LogP contribution in [-0.4, -0.2) is 31.4 Å². The fraction of sp³-hybridized carbons (Fsp3) is 0.389. The van der Waals surface area contributed by atoms with Gasteiger partial charge in [-0.15, -0.1) is 0 Å². The average molecular weight is 314 g/mol. The third-order valence-corrected chi connectivity index (χ3v) is 3.79. The van der Waals surface area contributed by atoms with Gasteiger partial charge in [-0.05, 0) is 29.3 Å². The molecule has 5 heteroatoms. The van der Waals surface area contributed by atoms with Gasteiger partial charge in [-0.3, -0.25) is 4.98 Å². The molecule has 1 aromatic heterocycles. The van der Waals surface area contributed by atoms with Crippen LogP contribution in [0, 0.1) is 0 Å². The summed E-state index contributed by atoms with van der Waals surface area (Å²) in [6, 6.07) is 10.0. The lowest BCUT2D eigenvalue weighted by Crippen LogP contribution is -2.16. The molecule has 0 amide bonds. The lowest BCUT2D eigenvalue weighted by Gasteiger charge is -2.16. The van der Waals surface area contributed by atoms with Gasteiger partial charge in [-0.25, -0.2) is 0 Å². The summed E-state index contributed by atoms with van der Waals surface area (Å²) >= 11 is 0. The minimum absolute atomic E-state index is 0.124. The second-order valence-electron chi connectivity index (χ2n) is 5.55. The number of hydrogen-bond donors (Lipinski definition) is 1. The summed E-state index contributed by atoms with van der Waals surface area (Å²) in [6.45, 7) is 2.97. The molecule has 0 saturated carbocycles. The van der Waals surface area contributed by atoms with Crippen LogP contribution in [-0.2, 0) is 17.8 Å². The maximum atomic E-state index is 5.95. The molecular weight excluding hydrogens is 292 g/mol. The minimum Gasteiger partial charge on any atom is -0.493 e.